The van der Waals surface area contributed by atoms with Crippen LogP contribution in [0.2, 0.25) is 0 Å². The number of carbonyl (C=O) groups excluding carboxylic acids is 1. The summed E-state index contributed by atoms with van der Waals surface area (Å²) in [7, 11) is 0. The minimum atomic E-state index is -0.570. The number of hydrogen-bond acceptors (Lipinski definition) is 5. The molecule has 8 heteroatoms. The van der Waals surface area contributed by atoms with E-state index in [2.05, 4.69) is 15.3 Å². The predicted octanol–water partition coefficient (Wildman–Crippen LogP) is 2.83. The molecule has 1 aliphatic heterocycles. The fourth-order valence-electron chi connectivity index (χ4n) is 2.44. The van der Waals surface area contributed by atoms with Crippen LogP contribution in [0.4, 0.5) is 9.18 Å². The molecule has 0 saturated heterocycles. The Kier molecular flexibility index (Phi) is 4.52. The molecule has 0 aliphatic carbocycles. The number of aromatic nitrogens is 4. The Morgan fingerprint density at radius 3 is 2.76 bits per heavy atom. The molecule has 0 aromatic carbocycles. The maximum absolute atomic E-state index is 13.2. The highest BCUT2D eigenvalue weighted by atomic mass is 19.1. The Balaban J connectivity index is 1.69. The van der Waals surface area contributed by atoms with Crippen LogP contribution >= 0.6 is 0 Å². The van der Waals surface area contributed by atoms with Crippen molar-refractivity contribution in [3.63, 3.8) is 0 Å². The van der Waals surface area contributed by atoms with Crippen LogP contribution in [0.25, 0.3) is 11.4 Å². The minimum Gasteiger partial charge on any atom is -0.444 e. The van der Waals surface area contributed by atoms with Crippen LogP contribution in [0.5, 0.6) is 0 Å². The summed E-state index contributed by atoms with van der Waals surface area (Å²) in [4.78, 5) is 17.5. The molecule has 7 nitrogen and oxygen atoms in total. The minimum absolute atomic E-state index is 0.324. The molecule has 132 valence electrons. The molecule has 3 heterocycles. The maximum Gasteiger partial charge on any atom is 0.410 e. The van der Waals surface area contributed by atoms with Gasteiger partial charge in [-0.1, -0.05) is 17.4 Å². The Labute approximate surface area is 145 Å². The summed E-state index contributed by atoms with van der Waals surface area (Å²) in [5.41, 5.74) is 1.17. The first kappa shape index (κ1) is 17.1. The normalized spacial score (nSPS) is 15.0. The van der Waals surface area contributed by atoms with Gasteiger partial charge in [-0.2, -0.15) is 4.39 Å². The van der Waals surface area contributed by atoms with E-state index < -0.39 is 11.5 Å². The first-order valence-corrected chi connectivity index (χ1v) is 8.04. The number of amides is 1. The quantitative estimate of drug-likeness (QED) is 0.783. The average molecular weight is 345 g/mol. The zero-order valence-corrected chi connectivity index (χ0v) is 14.4. The summed E-state index contributed by atoms with van der Waals surface area (Å²) in [5.74, 6) is -0.204. The number of halogens is 1. The van der Waals surface area contributed by atoms with Gasteiger partial charge in [-0.3, -0.25) is 0 Å². The first-order valence-electron chi connectivity index (χ1n) is 8.04. The van der Waals surface area contributed by atoms with Crippen LogP contribution in [0.15, 0.2) is 30.5 Å². The van der Waals surface area contributed by atoms with E-state index >= 15 is 0 Å². The highest BCUT2D eigenvalue weighted by molar-refractivity contribution is 5.71. The smallest absolute Gasteiger partial charge is 0.410 e. The van der Waals surface area contributed by atoms with Crippen molar-refractivity contribution in [1.82, 2.24) is 24.9 Å². The van der Waals surface area contributed by atoms with E-state index in [9.17, 15) is 9.18 Å². The summed E-state index contributed by atoms with van der Waals surface area (Å²) in [5, 5.41) is 8.12. The first-order chi connectivity index (χ1) is 11.8. The Morgan fingerprint density at radius 2 is 2.12 bits per heavy atom. The van der Waals surface area contributed by atoms with Gasteiger partial charge in [0, 0.05) is 13.1 Å². The van der Waals surface area contributed by atoms with Crippen LogP contribution in [0, 0.1) is 5.95 Å². The molecule has 0 radical (unpaired) electrons. The molecule has 0 spiro atoms. The van der Waals surface area contributed by atoms with Gasteiger partial charge in [0.2, 0.25) is 5.95 Å². The highest BCUT2D eigenvalue weighted by Crippen LogP contribution is 2.22. The van der Waals surface area contributed by atoms with Crippen molar-refractivity contribution in [2.75, 3.05) is 13.1 Å². The number of hydrogen-bond donors (Lipinski definition) is 0. The van der Waals surface area contributed by atoms with Crippen molar-refractivity contribution in [1.29, 1.82) is 0 Å². The zero-order chi connectivity index (χ0) is 18.0. The van der Waals surface area contributed by atoms with E-state index in [1.165, 1.54) is 10.7 Å². The van der Waals surface area contributed by atoms with Gasteiger partial charge in [0.15, 0.2) is 5.82 Å². The van der Waals surface area contributed by atoms with E-state index in [1.54, 1.807) is 23.2 Å². The topological polar surface area (TPSA) is 73.1 Å². The molecule has 0 N–H and O–H groups in total. The number of nitrogens with zero attached hydrogens (tertiary/aromatic N) is 5. The Bertz CT molecular complexity index is 809. The second kappa shape index (κ2) is 6.62. The molecule has 1 amide bonds. The highest BCUT2D eigenvalue weighted by Gasteiger charge is 2.24. The molecule has 2 aromatic heterocycles. The molecule has 0 fully saturated rings. The summed E-state index contributed by atoms with van der Waals surface area (Å²) in [6.07, 6.45) is 3.96. The van der Waals surface area contributed by atoms with Crippen molar-refractivity contribution >= 4 is 11.7 Å². The van der Waals surface area contributed by atoms with Gasteiger partial charge in [0.05, 0.1) is 6.20 Å². The van der Waals surface area contributed by atoms with Crippen molar-refractivity contribution in [3.8, 4) is 5.82 Å². The van der Waals surface area contributed by atoms with Crippen molar-refractivity contribution in [3.05, 3.63) is 42.1 Å². The lowest BCUT2D eigenvalue weighted by atomic mass is 10.1. The van der Waals surface area contributed by atoms with E-state index in [0.717, 1.165) is 5.57 Å². The number of pyridine rings is 1. The fraction of sp³-hybridized carbons (Fsp3) is 0.412. The molecule has 1 aliphatic rings. The number of carbonyl (C=O) groups is 1. The summed E-state index contributed by atoms with van der Waals surface area (Å²) < 4.78 is 20.0. The second-order valence-electron chi connectivity index (χ2n) is 6.77. The molecule has 0 saturated carbocycles. The van der Waals surface area contributed by atoms with Gasteiger partial charge in [0.1, 0.15) is 11.3 Å². The Morgan fingerprint density at radius 1 is 1.32 bits per heavy atom. The van der Waals surface area contributed by atoms with Crippen LogP contribution in [0.3, 0.4) is 0 Å². The molecule has 3 rings (SSSR count). The summed E-state index contributed by atoms with van der Waals surface area (Å²) >= 11 is 0. The van der Waals surface area contributed by atoms with E-state index in [-0.39, 0.29) is 6.09 Å². The van der Waals surface area contributed by atoms with Crippen molar-refractivity contribution < 1.29 is 13.9 Å². The van der Waals surface area contributed by atoms with Gasteiger partial charge in [-0.15, -0.1) is 5.10 Å². The van der Waals surface area contributed by atoms with Gasteiger partial charge in [-0.05, 0) is 44.9 Å². The third-order valence-electron chi connectivity index (χ3n) is 3.62. The predicted molar refractivity (Wildman–Crippen MR) is 89.5 cm³/mol. The monoisotopic (exact) mass is 345 g/mol. The summed E-state index contributed by atoms with van der Waals surface area (Å²) in [6, 6.07) is 4.49. The van der Waals surface area contributed by atoms with Crippen LogP contribution in [0.1, 0.15) is 32.9 Å². The lowest BCUT2D eigenvalue weighted by Gasteiger charge is -2.29. The van der Waals surface area contributed by atoms with E-state index in [0.29, 0.717) is 31.0 Å². The van der Waals surface area contributed by atoms with Gasteiger partial charge in [-0.25, -0.2) is 14.5 Å². The van der Waals surface area contributed by atoms with Gasteiger partial charge in [0.25, 0.3) is 0 Å². The SMILES string of the molecule is CC(C)(C)OC(=O)N1CC=C(c2cn(-c3cccc(F)n3)nn2)CC1. The largest absolute Gasteiger partial charge is 0.444 e. The number of ether oxygens (including phenoxy) is 1. The molecule has 25 heavy (non-hydrogen) atoms. The third-order valence-corrected chi connectivity index (χ3v) is 3.62. The zero-order valence-electron chi connectivity index (χ0n) is 14.4. The lowest BCUT2D eigenvalue weighted by Crippen LogP contribution is -2.39. The Hall–Kier alpha value is -2.77. The van der Waals surface area contributed by atoms with Crippen molar-refractivity contribution in [2.45, 2.75) is 32.8 Å². The molecule has 0 atom stereocenters. The van der Waals surface area contributed by atoms with Crippen LogP contribution in [-0.2, 0) is 4.74 Å². The molecule has 0 unspecified atom stereocenters. The maximum atomic E-state index is 13.2. The molecular formula is C17H20FN5O2. The fourth-order valence-corrected chi connectivity index (χ4v) is 2.44. The van der Waals surface area contributed by atoms with Gasteiger partial charge >= 0.3 is 6.09 Å². The number of rotatable bonds is 2. The molecule has 0 bridgehead atoms. The molecule has 2 aromatic rings. The van der Waals surface area contributed by atoms with Gasteiger partial charge < -0.3 is 9.64 Å². The van der Waals surface area contributed by atoms with Crippen LogP contribution in [-0.4, -0.2) is 49.7 Å². The van der Waals surface area contributed by atoms with Crippen molar-refractivity contribution in [2.24, 2.45) is 0 Å². The molecular weight excluding hydrogens is 325 g/mol. The van der Waals surface area contributed by atoms with E-state index in [4.69, 9.17) is 4.74 Å². The average Bonchev–Trinajstić information content (AvgIpc) is 3.03. The standard InChI is InChI=1S/C17H20FN5O2/c1-17(2,3)25-16(24)22-9-7-12(8-10-22)13-11-23(21-20-13)15-6-4-5-14(18)19-15/h4-7,11H,8-10H2,1-3H3. The third kappa shape index (κ3) is 4.20. The van der Waals surface area contributed by atoms with Crippen LogP contribution < -0.4 is 0 Å². The lowest BCUT2D eigenvalue weighted by molar-refractivity contribution is 0.0270. The summed E-state index contributed by atoms with van der Waals surface area (Å²) in [6.45, 7) is 6.53. The second-order valence-corrected chi connectivity index (χ2v) is 6.77. The van der Waals surface area contributed by atoms with E-state index in [1.807, 2.05) is 26.8 Å².